The number of halogens is 1. The number of thiophene rings is 1. The zero-order valence-electron chi connectivity index (χ0n) is 11.8. The van der Waals surface area contributed by atoms with E-state index in [-0.39, 0.29) is 18.4 Å². The van der Waals surface area contributed by atoms with E-state index in [0.29, 0.717) is 6.04 Å². The lowest BCUT2D eigenvalue weighted by Gasteiger charge is -2.24. The van der Waals surface area contributed by atoms with E-state index in [2.05, 4.69) is 33.0 Å². The number of hydrogen-bond donors (Lipinski definition) is 1. The van der Waals surface area contributed by atoms with Gasteiger partial charge in [0.1, 0.15) is 0 Å². The zero-order valence-corrected chi connectivity index (χ0v) is 13.5. The van der Waals surface area contributed by atoms with E-state index in [0.717, 1.165) is 30.5 Å². The molecule has 0 radical (unpaired) electrons. The van der Waals surface area contributed by atoms with Crippen molar-refractivity contribution in [1.82, 2.24) is 15.5 Å². The smallest absolute Gasteiger partial charge is 0.243 e. The minimum Gasteiger partial charge on any atom is -0.338 e. The first-order chi connectivity index (χ1) is 9.88. The van der Waals surface area contributed by atoms with Gasteiger partial charge < -0.3 is 9.84 Å². The maximum absolute atomic E-state index is 5.48. The minimum atomic E-state index is 0. The molecule has 3 unspecified atom stereocenters. The second kappa shape index (κ2) is 6.46. The van der Waals surface area contributed by atoms with Crippen LogP contribution in [0.3, 0.4) is 0 Å². The molecule has 4 nitrogen and oxygen atoms in total. The summed E-state index contributed by atoms with van der Waals surface area (Å²) >= 11 is 1.74. The Morgan fingerprint density at radius 1 is 1.33 bits per heavy atom. The fraction of sp³-hybridized carbons (Fsp3) is 0.600. The maximum Gasteiger partial charge on any atom is 0.243 e. The third kappa shape index (κ3) is 3.15. The van der Waals surface area contributed by atoms with Gasteiger partial charge >= 0.3 is 0 Å². The summed E-state index contributed by atoms with van der Waals surface area (Å²) < 4.78 is 5.48. The van der Waals surface area contributed by atoms with Crippen LogP contribution in [0.1, 0.15) is 54.7 Å². The van der Waals surface area contributed by atoms with Gasteiger partial charge in [-0.05, 0) is 36.6 Å². The molecule has 1 N–H and O–H groups in total. The second-order valence-electron chi connectivity index (χ2n) is 5.91. The molecule has 1 aliphatic heterocycles. The summed E-state index contributed by atoms with van der Waals surface area (Å²) in [7, 11) is 0. The van der Waals surface area contributed by atoms with Crippen molar-refractivity contribution >= 4 is 23.7 Å². The first kappa shape index (κ1) is 15.0. The molecule has 0 aromatic carbocycles. The van der Waals surface area contributed by atoms with Gasteiger partial charge in [-0.2, -0.15) is 4.98 Å². The third-order valence-electron chi connectivity index (χ3n) is 4.56. The van der Waals surface area contributed by atoms with E-state index in [1.807, 2.05) is 0 Å². The first-order valence-electron chi connectivity index (χ1n) is 7.49. The van der Waals surface area contributed by atoms with Crippen molar-refractivity contribution in [1.29, 1.82) is 0 Å². The zero-order chi connectivity index (χ0) is 13.4. The van der Waals surface area contributed by atoms with Gasteiger partial charge in [0.2, 0.25) is 5.89 Å². The van der Waals surface area contributed by atoms with Crippen molar-refractivity contribution in [2.45, 2.75) is 50.6 Å². The molecule has 2 aromatic rings. The number of nitrogens with zero attached hydrogens (tertiary/aromatic N) is 2. The van der Waals surface area contributed by atoms with Crippen molar-refractivity contribution in [3.63, 3.8) is 0 Å². The highest BCUT2D eigenvalue weighted by atomic mass is 35.5. The summed E-state index contributed by atoms with van der Waals surface area (Å²) in [5.41, 5.74) is 0. The van der Waals surface area contributed by atoms with Gasteiger partial charge in [0.25, 0.3) is 0 Å². The highest BCUT2D eigenvalue weighted by molar-refractivity contribution is 7.09. The molecule has 1 saturated carbocycles. The van der Waals surface area contributed by atoms with Crippen molar-refractivity contribution in [3.8, 4) is 0 Å². The van der Waals surface area contributed by atoms with E-state index in [9.17, 15) is 0 Å². The summed E-state index contributed by atoms with van der Waals surface area (Å²) in [5.74, 6) is 2.39. The molecule has 0 spiro atoms. The van der Waals surface area contributed by atoms with Crippen LogP contribution in [-0.2, 0) is 6.42 Å². The largest absolute Gasteiger partial charge is 0.338 e. The van der Waals surface area contributed by atoms with E-state index in [1.54, 1.807) is 11.3 Å². The highest BCUT2D eigenvalue weighted by Gasteiger charge is 2.38. The highest BCUT2D eigenvalue weighted by Crippen LogP contribution is 2.38. The predicted octanol–water partition coefficient (Wildman–Crippen LogP) is 3.74. The molecule has 2 aliphatic rings. The molecule has 1 aliphatic carbocycles. The quantitative estimate of drug-likeness (QED) is 0.934. The van der Waals surface area contributed by atoms with Gasteiger partial charge in [-0.1, -0.05) is 24.1 Å². The number of rotatable bonds is 3. The predicted molar refractivity (Wildman–Crippen MR) is 84.9 cm³/mol. The lowest BCUT2D eigenvalue weighted by Crippen LogP contribution is -2.30. The van der Waals surface area contributed by atoms with Crippen molar-refractivity contribution < 1.29 is 4.52 Å². The van der Waals surface area contributed by atoms with E-state index >= 15 is 0 Å². The van der Waals surface area contributed by atoms with Crippen LogP contribution in [0.5, 0.6) is 0 Å². The molecule has 4 rings (SSSR count). The van der Waals surface area contributed by atoms with Crippen LogP contribution in [0.15, 0.2) is 22.0 Å². The molecule has 0 bridgehead atoms. The minimum absolute atomic E-state index is 0. The van der Waals surface area contributed by atoms with Gasteiger partial charge in [-0.15, -0.1) is 23.7 Å². The topological polar surface area (TPSA) is 51.0 Å². The molecule has 3 heterocycles. The monoisotopic (exact) mass is 325 g/mol. The van der Waals surface area contributed by atoms with Crippen molar-refractivity contribution in [2.75, 3.05) is 0 Å². The normalized spacial score (nSPS) is 28.1. The summed E-state index contributed by atoms with van der Waals surface area (Å²) in [6, 6.07) is 5.11. The molecule has 21 heavy (non-hydrogen) atoms. The number of hydrogen-bond acceptors (Lipinski definition) is 5. The van der Waals surface area contributed by atoms with Crippen LogP contribution < -0.4 is 5.32 Å². The molecule has 2 fully saturated rings. The Morgan fingerprint density at radius 2 is 2.24 bits per heavy atom. The molecule has 1 saturated heterocycles. The van der Waals surface area contributed by atoms with Crippen molar-refractivity contribution in [2.24, 2.45) is 5.92 Å². The van der Waals surface area contributed by atoms with Gasteiger partial charge in [-0.3, -0.25) is 0 Å². The van der Waals surface area contributed by atoms with Crippen molar-refractivity contribution in [3.05, 3.63) is 34.1 Å². The Kier molecular flexibility index (Phi) is 4.62. The fourth-order valence-electron chi connectivity index (χ4n) is 3.56. The van der Waals surface area contributed by atoms with E-state index < -0.39 is 0 Å². The SMILES string of the molecule is Cl.c1csc(Cc2noc(C3CC4CCCCC4N3)n2)c1. The van der Waals surface area contributed by atoms with Crippen LogP contribution in [0.2, 0.25) is 0 Å². The van der Waals surface area contributed by atoms with E-state index in [1.165, 1.54) is 30.6 Å². The van der Waals surface area contributed by atoms with Crippen LogP contribution in [-0.4, -0.2) is 16.2 Å². The average Bonchev–Trinajstić information content (AvgIpc) is 3.18. The molecule has 114 valence electrons. The van der Waals surface area contributed by atoms with Gasteiger partial charge in [0.05, 0.1) is 6.04 Å². The van der Waals surface area contributed by atoms with E-state index in [4.69, 9.17) is 4.52 Å². The Morgan fingerprint density at radius 3 is 3.05 bits per heavy atom. The fourth-order valence-corrected chi connectivity index (χ4v) is 4.26. The van der Waals surface area contributed by atoms with Gasteiger partial charge in [0, 0.05) is 17.3 Å². The summed E-state index contributed by atoms with van der Waals surface area (Å²) in [6.07, 6.45) is 7.32. The van der Waals surface area contributed by atoms with Gasteiger partial charge in [-0.25, -0.2) is 0 Å². The summed E-state index contributed by atoms with van der Waals surface area (Å²) in [4.78, 5) is 5.87. The lowest BCUT2D eigenvalue weighted by atomic mass is 9.85. The van der Waals surface area contributed by atoms with Crippen LogP contribution in [0, 0.1) is 5.92 Å². The molecule has 6 heteroatoms. The number of nitrogens with one attached hydrogen (secondary N) is 1. The third-order valence-corrected chi connectivity index (χ3v) is 5.43. The van der Waals surface area contributed by atoms with Crippen LogP contribution >= 0.6 is 23.7 Å². The Balaban J connectivity index is 0.00000132. The molecule has 3 atom stereocenters. The molecular weight excluding hydrogens is 306 g/mol. The molecular formula is C15H20ClN3OS. The Bertz CT molecular complexity index is 557. The Labute approximate surface area is 134 Å². The maximum atomic E-state index is 5.48. The standard InChI is InChI=1S/C15H19N3OS.ClH/c1-2-6-12-10(4-1)8-13(16-12)15-17-14(18-19-15)9-11-5-3-7-20-11;/h3,5,7,10,12-13,16H,1-2,4,6,8-9H2;1H. The number of aromatic nitrogens is 2. The average molecular weight is 326 g/mol. The number of fused-ring (bicyclic) bond motifs is 1. The molecule has 2 aromatic heterocycles. The van der Waals surface area contributed by atoms with Gasteiger partial charge in [0.15, 0.2) is 5.82 Å². The molecule has 0 amide bonds. The summed E-state index contributed by atoms with van der Waals surface area (Å²) in [6.45, 7) is 0. The lowest BCUT2D eigenvalue weighted by molar-refractivity contribution is 0.324. The summed E-state index contributed by atoms with van der Waals surface area (Å²) in [5, 5.41) is 9.90. The van der Waals surface area contributed by atoms with Crippen LogP contribution in [0.4, 0.5) is 0 Å². The first-order valence-corrected chi connectivity index (χ1v) is 8.37. The second-order valence-corrected chi connectivity index (χ2v) is 6.94. The van der Waals surface area contributed by atoms with Crippen LogP contribution in [0.25, 0.3) is 0 Å². The Hall–Kier alpha value is -0.910.